The van der Waals surface area contributed by atoms with Crippen molar-refractivity contribution in [3.63, 3.8) is 0 Å². The van der Waals surface area contributed by atoms with Gasteiger partial charge in [0, 0.05) is 10.6 Å². The van der Waals surface area contributed by atoms with E-state index in [2.05, 4.69) is 20.3 Å². The standard InChI is InChI=1S/C18H19N5OS/c1-12-3-5-13(6-4-12)20-18-22-16(21-17(19)23-18)11-25-15-9-7-14(24-2)8-10-15/h3-10H,11H2,1-2H3,(H3,19,20,21,22,23). The molecule has 25 heavy (non-hydrogen) atoms. The van der Waals surface area contributed by atoms with Gasteiger partial charge in [0.25, 0.3) is 0 Å². The molecule has 1 aromatic heterocycles. The lowest BCUT2D eigenvalue weighted by Crippen LogP contribution is -2.06. The van der Waals surface area contributed by atoms with Gasteiger partial charge in [0.2, 0.25) is 11.9 Å². The average Bonchev–Trinajstić information content (AvgIpc) is 2.62. The van der Waals surface area contributed by atoms with Crippen LogP contribution in [0.5, 0.6) is 5.75 Å². The molecule has 1 heterocycles. The molecule has 0 spiro atoms. The number of hydrogen-bond donors (Lipinski definition) is 2. The molecule has 0 aliphatic rings. The molecular weight excluding hydrogens is 334 g/mol. The molecule has 0 radical (unpaired) electrons. The zero-order valence-electron chi connectivity index (χ0n) is 14.1. The monoisotopic (exact) mass is 353 g/mol. The predicted octanol–water partition coefficient (Wildman–Crippen LogP) is 3.81. The summed E-state index contributed by atoms with van der Waals surface area (Å²) in [7, 11) is 1.65. The van der Waals surface area contributed by atoms with Gasteiger partial charge >= 0.3 is 0 Å². The highest BCUT2D eigenvalue weighted by atomic mass is 32.2. The summed E-state index contributed by atoms with van der Waals surface area (Å²) in [5, 5.41) is 3.16. The highest BCUT2D eigenvalue weighted by molar-refractivity contribution is 7.98. The second kappa shape index (κ2) is 7.85. The Kier molecular flexibility index (Phi) is 5.35. The first kappa shape index (κ1) is 17.0. The Labute approximate surface area is 150 Å². The molecule has 0 saturated carbocycles. The van der Waals surface area contributed by atoms with E-state index >= 15 is 0 Å². The smallest absolute Gasteiger partial charge is 0.232 e. The third-order valence-corrected chi connectivity index (χ3v) is 4.44. The van der Waals surface area contributed by atoms with Gasteiger partial charge in [0.05, 0.1) is 12.9 Å². The van der Waals surface area contributed by atoms with Crippen LogP contribution in [-0.2, 0) is 5.75 Å². The van der Waals surface area contributed by atoms with Crippen LogP contribution in [0.1, 0.15) is 11.4 Å². The van der Waals surface area contributed by atoms with Gasteiger partial charge in [-0.1, -0.05) is 17.7 Å². The van der Waals surface area contributed by atoms with Gasteiger partial charge in [-0.3, -0.25) is 0 Å². The van der Waals surface area contributed by atoms with E-state index in [4.69, 9.17) is 10.5 Å². The van der Waals surface area contributed by atoms with Crippen molar-refractivity contribution in [3.8, 4) is 5.75 Å². The Hall–Kier alpha value is -2.80. The van der Waals surface area contributed by atoms with E-state index in [1.807, 2.05) is 55.5 Å². The van der Waals surface area contributed by atoms with Gasteiger partial charge < -0.3 is 15.8 Å². The maximum absolute atomic E-state index is 5.82. The third-order valence-electron chi connectivity index (χ3n) is 3.43. The van der Waals surface area contributed by atoms with Crippen molar-refractivity contribution in [3.05, 3.63) is 59.9 Å². The van der Waals surface area contributed by atoms with Gasteiger partial charge in [-0.05, 0) is 43.3 Å². The SMILES string of the molecule is COc1ccc(SCc2nc(N)nc(Nc3ccc(C)cc3)n2)cc1. The van der Waals surface area contributed by atoms with Crippen LogP contribution in [0.3, 0.4) is 0 Å². The Bertz CT molecular complexity index is 837. The minimum Gasteiger partial charge on any atom is -0.497 e. The zero-order valence-corrected chi connectivity index (χ0v) is 14.9. The number of nitrogen functional groups attached to an aromatic ring is 1. The maximum Gasteiger partial charge on any atom is 0.232 e. The Balaban J connectivity index is 1.69. The summed E-state index contributed by atoms with van der Waals surface area (Å²) < 4.78 is 5.16. The number of nitrogens with one attached hydrogen (secondary N) is 1. The van der Waals surface area contributed by atoms with Crippen molar-refractivity contribution in [1.82, 2.24) is 15.0 Å². The molecule has 0 aliphatic carbocycles. The third kappa shape index (κ3) is 4.84. The van der Waals surface area contributed by atoms with Crippen molar-refractivity contribution < 1.29 is 4.74 Å². The number of benzene rings is 2. The molecule has 3 aromatic rings. The summed E-state index contributed by atoms with van der Waals surface area (Å²) in [6.07, 6.45) is 0. The van der Waals surface area contributed by atoms with Crippen LogP contribution < -0.4 is 15.8 Å². The molecule has 0 saturated heterocycles. The van der Waals surface area contributed by atoms with Crippen molar-refractivity contribution >= 4 is 29.3 Å². The number of anilines is 3. The molecule has 0 bridgehead atoms. The molecule has 6 nitrogen and oxygen atoms in total. The number of thioether (sulfide) groups is 1. The number of nitrogens with zero attached hydrogens (tertiary/aromatic N) is 3. The number of nitrogens with two attached hydrogens (primary N) is 1. The average molecular weight is 353 g/mol. The van der Waals surface area contributed by atoms with Crippen LogP contribution in [0.4, 0.5) is 17.6 Å². The second-order valence-corrected chi connectivity index (χ2v) is 6.44. The van der Waals surface area contributed by atoms with E-state index in [1.54, 1.807) is 18.9 Å². The van der Waals surface area contributed by atoms with Crippen LogP contribution in [0.2, 0.25) is 0 Å². The van der Waals surface area contributed by atoms with Gasteiger partial charge in [-0.25, -0.2) is 0 Å². The first-order chi connectivity index (χ1) is 12.1. The number of aromatic nitrogens is 3. The fraction of sp³-hybridized carbons (Fsp3) is 0.167. The maximum atomic E-state index is 5.82. The van der Waals surface area contributed by atoms with Crippen LogP contribution in [0, 0.1) is 6.92 Å². The van der Waals surface area contributed by atoms with Crippen molar-refractivity contribution in [2.24, 2.45) is 0 Å². The summed E-state index contributed by atoms with van der Waals surface area (Å²) in [5.41, 5.74) is 7.92. The number of ether oxygens (including phenoxy) is 1. The topological polar surface area (TPSA) is 86.0 Å². The second-order valence-electron chi connectivity index (χ2n) is 5.39. The van der Waals surface area contributed by atoms with Gasteiger partial charge in [-0.15, -0.1) is 11.8 Å². The van der Waals surface area contributed by atoms with E-state index in [0.29, 0.717) is 17.5 Å². The van der Waals surface area contributed by atoms with Crippen LogP contribution in [0.25, 0.3) is 0 Å². The van der Waals surface area contributed by atoms with Gasteiger partial charge in [0.1, 0.15) is 11.6 Å². The quantitative estimate of drug-likeness (QED) is 0.652. The van der Waals surface area contributed by atoms with Crippen molar-refractivity contribution in [2.75, 3.05) is 18.2 Å². The van der Waals surface area contributed by atoms with Crippen molar-refractivity contribution in [1.29, 1.82) is 0 Å². The Morgan fingerprint density at radius 2 is 1.72 bits per heavy atom. The van der Waals surface area contributed by atoms with E-state index in [0.717, 1.165) is 16.3 Å². The predicted molar refractivity (Wildman–Crippen MR) is 101 cm³/mol. The van der Waals surface area contributed by atoms with E-state index < -0.39 is 0 Å². The normalized spacial score (nSPS) is 10.5. The minimum atomic E-state index is 0.204. The molecule has 3 N–H and O–H groups in total. The fourth-order valence-electron chi connectivity index (χ4n) is 2.14. The van der Waals surface area contributed by atoms with Crippen LogP contribution in [-0.4, -0.2) is 22.1 Å². The molecule has 0 aliphatic heterocycles. The van der Waals surface area contributed by atoms with Gasteiger partial charge in [-0.2, -0.15) is 15.0 Å². The largest absolute Gasteiger partial charge is 0.497 e. The summed E-state index contributed by atoms with van der Waals surface area (Å²) in [6, 6.07) is 15.8. The lowest BCUT2D eigenvalue weighted by atomic mass is 10.2. The van der Waals surface area contributed by atoms with Gasteiger partial charge in [0.15, 0.2) is 0 Å². The van der Waals surface area contributed by atoms with E-state index in [-0.39, 0.29) is 5.95 Å². The number of rotatable bonds is 6. The first-order valence-electron chi connectivity index (χ1n) is 7.73. The first-order valence-corrected chi connectivity index (χ1v) is 8.72. The molecule has 0 amide bonds. The molecule has 0 unspecified atom stereocenters. The highest BCUT2D eigenvalue weighted by Gasteiger charge is 2.06. The van der Waals surface area contributed by atoms with E-state index in [1.165, 1.54) is 5.56 Å². The summed E-state index contributed by atoms with van der Waals surface area (Å²) >= 11 is 1.63. The Morgan fingerprint density at radius 3 is 2.40 bits per heavy atom. The number of hydrogen-bond acceptors (Lipinski definition) is 7. The lowest BCUT2D eigenvalue weighted by molar-refractivity contribution is 0.414. The van der Waals surface area contributed by atoms with Crippen LogP contribution in [0.15, 0.2) is 53.4 Å². The molecule has 128 valence electrons. The lowest BCUT2D eigenvalue weighted by Gasteiger charge is -2.08. The number of aryl methyl sites for hydroxylation is 1. The Morgan fingerprint density at radius 1 is 1.00 bits per heavy atom. The summed E-state index contributed by atoms with van der Waals surface area (Å²) in [6.45, 7) is 2.04. The molecular formula is C18H19N5OS. The zero-order chi connectivity index (χ0) is 17.6. The van der Waals surface area contributed by atoms with Crippen LogP contribution >= 0.6 is 11.8 Å². The molecule has 2 aromatic carbocycles. The number of methoxy groups -OCH3 is 1. The molecule has 3 rings (SSSR count). The highest BCUT2D eigenvalue weighted by Crippen LogP contribution is 2.24. The van der Waals surface area contributed by atoms with Crippen molar-refractivity contribution in [2.45, 2.75) is 17.6 Å². The summed E-state index contributed by atoms with van der Waals surface area (Å²) in [4.78, 5) is 13.9. The molecule has 0 atom stereocenters. The van der Waals surface area contributed by atoms with E-state index in [9.17, 15) is 0 Å². The summed E-state index contributed by atoms with van der Waals surface area (Å²) in [5.74, 6) is 2.71. The fourth-order valence-corrected chi connectivity index (χ4v) is 2.90. The molecule has 0 fully saturated rings. The minimum absolute atomic E-state index is 0.204. The molecule has 7 heteroatoms.